The molecule has 0 radical (unpaired) electrons. The topological polar surface area (TPSA) is 40.5 Å². The van der Waals surface area contributed by atoms with E-state index in [9.17, 15) is 9.90 Å². The third-order valence-electron chi connectivity index (χ3n) is 2.51. The Labute approximate surface area is 110 Å². The number of benzene rings is 1. The van der Waals surface area contributed by atoms with Crippen LogP contribution in [0.2, 0.25) is 0 Å². The Morgan fingerprint density at radius 2 is 1.67 bits per heavy atom. The van der Waals surface area contributed by atoms with E-state index in [1.807, 2.05) is 62.9 Å². The summed E-state index contributed by atoms with van der Waals surface area (Å²) < 4.78 is 0. The largest absolute Gasteiger partial charge is 0.383 e. The first-order valence-corrected chi connectivity index (χ1v) is 6.78. The molecule has 1 aliphatic heterocycles. The van der Waals surface area contributed by atoms with E-state index in [-0.39, 0.29) is 5.78 Å². The number of nitrogens with zero attached hydrogens (tertiary/aromatic N) is 1. The normalized spacial score (nSPS) is 18.2. The number of ketones is 1. The maximum atomic E-state index is 11.1. The first-order chi connectivity index (χ1) is 8.77. The van der Waals surface area contributed by atoms with Crippen LogP contribution in [0.3, 0.4) is 0 Å². The summed E-state index contributed by atoms with van der Waals surface area (Å²) in [6.45, 7) is 9.13. The average molecular weight is 251 g/mol. The second-order valence-electron chi connectivity index (χ2n) is 3.51. The molecule has 1 atom stereocenters. The van der Waals surface area contributed by atoms with E-state index in [1.165, 1.54) is 0 Å². The predicted octanol–water partition coefficient (Wildman–Crippen LogP) is 2.88. The fraction of sp³-hybridized carbons (Fsp3) is 0.533. The van der Waals surface area contributed by atoms with Crippen molar-refractivity contribution in [3.63, 3.8) is 0 Å². The number of carbonyl (C=O) groups excluding carboxylic acids is 1. The zero-order valence-corrected chi connectivity index (χ0v) is 11.9. The van der Waals surface area contributed by atoms with Gasteiger partial charge >= 0.3 is 0 Å². The Balaban J connectivity index is 0.000000659. The van der Waals surface area contributed by atoms with E-state index in [0.29, 0.717) is 19.5 Å². The minimum absolute atomic E-state index is 0.0443. The summed E-state index contributed by atoms with van der Waals surface area (Å²) in [5.41, 5.74) is 1.07. The lowest BCUT2D eigenvalue weighted by Gasteiger charge is -2.30. The van der Waals surface area contributed by atoms with Crippen LogP contribution < -0.4 is 4.90 Å². The van der Waals surface area contributed by atoms with Crippen LogP contribution in [-0.4, -0.2) is 30.1 Å². The van der Waals surface area contributed by atoms with Gasteiger partial charge in [0.15, 0.2) is 5.78 Å². The van der Waals surface area contributed by atoms with E-state index in [2.05, 4.69) is 0 Å². The predicted molar refractivity (Wildman–Crippen MR) is 77.0 cm³/mol. The van der Waals surface area contributed by atoms with Gasteiger partial charge in [-0.2, -0.15) is 0 Å². The van der Waals surface area contributed by atoms with Crippen molar-refractivity contribution in [2.45, 2.75) is 40.2 Å². The van der Waals surface area contributed by atoms with Crippen molar-refractivity contribution >= 4 is 11.5 Å². The smallest absolute Gasteiger partial charge is 0.164 e. The fourth-order valence-electron chi connectivity index (χ4n) is 1.69. The van der Waals surface area contributed by atoms with Gasteiger partial charge in [0.1, 0.15) is 6.10 Å². The number of hydrogen-bond acceptors (Lipinski definition) is 3. The average Bonchev–Trinajstić information content (AvgIpc) is 2.47. The molecule has 1 aromatic rings. The van der Waals surface area contributed by atoms with Gasteiger partial charge in [0.2, 0.25) is 0 Å². The molecule has 0 aliphatic carbocycles. The van der Waals surface area contributed by atoms with Crippen molar-refractivity contribution in [2.75, 3.05) is 18.0 Å². The maximum absolute atomic E-state index is 11.1. The van der Waals surface area contributed by atoms with Crippen LogP contribution in [0.1, 0.15) is 34.1 Å². The first kappa shape index (κ1) is 16.6. The van der Waals surface area contributed by atoms with Crippen LogP contribution in [0.5, 0.6) is 0 Å². The molecular formula is C15H25NO2. The fourth-order valence-corrected chi connectivity index (χ4v) is 1.69. The van der Waals surface area contributed by atoms with Gasteiger partial charge in [-0.15, -0.1) is 0 Å². The Bertz CT molecular complexity index is 325. The first-order valence-electron chi connectivity index (χ1n) is 6.78. The number of hydrogen-bond donors (Lipinski definition) is 1. The molecule has 0 spiro atoms. The Morgan fingerprint density at radius 1 is 1.11 bits per heavy atom. The molecule has 3 heteroatoms. The van der Waals surface area contributed by atoms with E-state index in [4.69, 9.17) is 0 Å². The van der Waals surface area contributed by atoms with Crippen LogP contribution in [0.25, 0.3) is 0 Å². The van der Waals surface area contributed by atoms with Crippen LogP contribution in [0.4, 0.5) is 5.69 Å². The van der Waals surface area contributed by atoms with Crippen molar-refractivity contribution in [2.24, 2.45) is 0 Å². The molecule has 0 amide bonds. The van der Waals surface area contributed by atoms with Gasteiger partial charge in [0, 0.05) is 18.7 Å². The van der Waals surface area contributed by atoms with Gasteiger partial charge in [0.05, 0.1) is 6.54 Å². The lowest BCUT2D eigenvalue weighted by Crippen LogP contribution is -2.44. The second-order valence-corrected chi connectivity index (χ2v) is 3.51. The standard InChI is InChI=1S/C11H13NO2.2C2H6/c13-10-6-7-12(8-11(10)14)9-4-2-1-3-5-9;2*1-2/h1-5,11,14H,6-8H2;2*1-2H3/t11-;;/m0../s1. The van der Waals surface area contributed by atoms with Crippen molar-refractivity contribution in [3.05, 3.63) is 30.3 Å². The molecule has 1 aliphatic rings. The molecule has 1 fully saturated rings. The quantitative estimate of drug-likeness (QED) is 0.834. The third-order valence-corrected chi connectivity index (χ3v) is 2.51. The van der Waals surface area contributed by atoms with E-state index >= 15 is 0 Å². The molecule has 102 valence electrons. The molecule has 18 heavy (non-hydrogen) atoms. The van der Waals surface area contributed by atoms with Crippen LogP contribution >= 0.6 is 0 Å². The second kappa shape index (κ2) is 9.66. The lowest BCUT2D eigenvalue weighted by atomic mass is 10.1. The lowest BCUT2D eigenvalue weighted by molar-refractivity contribution is -0.127. The number of carbonyl (C=O) groups is 1. The van der Waals surface area contributed by atoms with Gasteiger partial charge < -0.3 is 10.0 Å². The number of para-hydroxylation sites is 1. The Hall–Kier alpha value is -1.35. The summed E-state index contributed by atoms with van der Waals surface area (Å²) in [6, 6.07) is 9.84. The molecule has 1 saturated heterocycles. The molecular weight excluding hydrogens is 226 g/mol. The highest BCUT2D eigenvalue weighted by Crippen LogP contribution is 2.17. The van der Waals surface area contributed by atoms with Gasteiger partial charge in [-0.1, -0.05) is 45.9 Å². The number of aliphatic hydroxyl groups is 1. The highest BCUT2D eigenvalue weighted by atomic mass is 16.3. The Kier molecular flexibility index (Phi) is 8.93. The van der Waals surface area contributed by atoms with Crippen molar-refractivity contribution in [1.82, 2.24) is 0 Å². The number of β-amino-alcohol motifs (C(OH)–C–C–N with tert-alkyl or cyclic N) is 1. The number of aliphatic hydroxyl groups excluding tert-OH is 1. The van der Waals surface area contributed by atoms with Crippen molar-refractivity contribution < 1.29 is 9.90 Å². The molecule has 3 nitrogen and oxygen atoms in total. The van der Waals surface area contributed by atoms with Crippen LogP contribution in [0, 0.1) is 0 Å². The van der Waals surface area contributed by atoms with Gasteiger partial charge in [-0.25, -0.2) is 0 Å². The molecule has 0 saturated carbocycles. The summed E-state index contributed by atoms with van der Waals surface area (Å²) in [5, 5.41) is 9.42. The summed E-state index contributed by atoms with van der Waals surface area (Å²) >= 11 is 0. The molecule has 1 heterocycles. The van der Waals surface area contributed by atoms with Crippen molar-refractivity contribution in [3.8, 4) is 0 Å². The van der Waals surface area contributed by atoms with Gasteiger partial charge in [-0.05, 0) is 12.1 Å². The SMILES string of the molecule is CC.CC.O=C1CCN(c2ccccc2)C[C@@H]1O. The highest BCUT2D eigenvalue weighted by molar-refractivity contribution is 5.85. The van der Waals surface area contributed by atoms with Crippen molar-refractivity contribution in [1.29, 1.82) is 0 Å². The van der Waals surface area contributed by atoms with E-state index in [1.54, 1.807) is 0 Å². The molecule has 1 aromatic carbocycles. The minimum atomic E-state index is -0.816. The molecule has 0 bridgehead atoms. The van der Waals surface area contributed by atoms with Gasteiger partial charge in [-0.3, -0.25) is 4.79 Å². The van der Waals surface area contributed by atoms with Crippen LogP contribution in [0.15, 0.2) is 30.3 Å². The maximum Gasteiger partial charge on any atom is 0.164 e. The Morgan fingerprint density at radius 3 is 2.17 bits per heavy atom. The minimum Gasteiger partial charge on any atom is -0.383 e. The van der Waals surface area contributed by atoms with Gasteiger partial charge in [0.25, 0.3) is 0 Å². The van der Waals surface area contributed by atoms with Crippen LogP contribution in [-0.2, 0) is 4.79 Å². The zero-order chi connectivity index (χ0) is 14.0. The number of anilines is 1. The summed E-state index contributed by atoms with van der Waals surface area (Å²) in [4.78, 5) is 13.1. The number of rotatable bonds is 1. The molecule has 0 unspecified atom stereocenters. The third kappa shape index (κ3) is 4.88. The summed E-state index contributed by atoms with van der Waals surface area (Å²) in [6.07, 6.45) is -0.375. The summed E-state index contributed by atoms with van der Waals surface area (Å²) in [5.74, 6) is -0.0443. The molecule has 2 rings (SSSR count). The molecule has 0 aromatic heterocycles. The summed E-state index contributed by atoms with van der Waals surface area (Å²) in [7, 11) is 0. The molecule has 1 N–H and O–H groups in total. The monoisotopic (exact) mass is 251 g/mol. The van der Waals surface area contributed by atoms with E-state index in [0.717, 1.165) is 5.69 Å². The highest BCUT2D eigenvalue weighted by Gasteiger charge is 2.24. The van der Waals surface area contributed by atoms with E-state index < -0.39 is 6.10 Å². The number of piperidine rings is 1. The number of Topliss-reactive ketones (excluding diaryl/α,β-unsaturated/α-hetero) is 1. The zero-order valence-electron chi connectivity index (χ0n) is 11.9.